The Bertz CT molecular complexity index is 1280. The van der Waals surface area contributed by atoms with E-state index in [0.717, 1.165) is 33.8 Å². The number of amides is 1. The first-order valence-corrected chi connectivity index (χ1v) is 10.4. The van der Waals surface area contributed by atoms with Crippen LogP contribution in [-0.4, -0.2) is 10.5 Å². The molecule has 156 valence electrons. The number of aromatic nitrogens is 1. The number of para-hydroxylation sites is 1. The summed E-state index contributed by atoms with van der Waals surface area (Å²) in [5.41, 5.74) is 5.87. The zero-order valence-corrected chi connectivity index (χ0v) is 17.8. The minimum atomic E-state index is -0.388. The SMILES string of the molecule is Cc1cc(/C=C(/C#N)C(=O)NCc2ccccc2)c(-c2ccccc2)n1-c1ccccc1. The second-order valence-electron chi connectivity index (χ2n) is 7.46. The van der Waals surface area contributed by atoms with Gasteiger partial charge in [-0.15, -0.1) is 0 Å². The van der Waals surface area contributed by atoms with Gasteiger partial charge in [-0.25, -0.2) is 0 Å². The van der Waals surface area contributed by atoms with E-state index in [-0.39, 0.29) is 11.5 Å². The summed E-state index contributed by atoms with van der Waals surface area (Å²) in [6.07, 6.45) is 1.68. The lowest BCUT2D eigenvalue weighted by molar-refractivity contribution is -0.117. The number of aryl methyl sites for hydroxylation is 1. The minimum absolute atomic E-state index is 0.0725. The van der Waals surface area contributed by atoms with Gasteiger partial charge in [-0.2, -0.15) is 5.26 Å². The number of benzene rings is 3. The molecule has 0 bridgehead atoms. The monoisotopic (exact) mass is 417 g/mol. The fourth-order valence-corrected chi connectivity index (χ4v) is 3.75. The van der Waals surface area contributed by atoms with Crippen molar-refractivity contribution in [2.24, 2.45) is 0 Å². The highest BCUT2D eigenvalue weighted by molar-refractivity contribution is 6.02. The largest absolute Gasteiger partial charge is 0.347 e. The molecule has 4 heteroatoms. The van der Waals surface area contributed by atoms with Crippen LogP contribution in [-0.2, 0) is 11.3 Å². The molecule has 0 aliphatic carbocycles. The Balaban J connectivity index is 1.74. The molecule has 1 heterocycles. The van der Waals surface area contributed by atoms with Gasteiger partial charge in [0, 0.05) is 23.5 Å². The third kappa shape index (κ3) is 4.53. The van der Waals surface area contributed by atoms with Crippen molar-refractivity contribution >= 4 is 12.0 Å². The van der Waals surface area contributed by atoms with Crippen LogP contribution in [0.2, 0.25) is 0 Å². The number of carbonyl (C=O) groups is 1. The third-order valence-electron chi connectivity index (χ3n) is 5.24. The van der Waals surface area contributed by atoms with E-state index in [1.54, 1.807) is 6.08 Å². The molecule has 1 N–H and O–H groups in total. The lowest BCUT2D eigenvalue weighted by atomic mass is 10.0. The molecule has 0 atom stereocenters. The molecule has 0 aliphatic rings. The lowest BCUT2D eigenvalue weighted by Crippen LogP contribution is -2.23. The summed E-state index contributed by atoms with van der Waals surface area (Å²) in [7, 11) is 0. The molecule has 4 nitrogen and oxygen atoms in total. The molecular formula is C28H23N3O. The molecule has 3 aromatic carbocycles. The van der Waals surface area contributed by atoms with Gasteiger partial charge in [-0.1, -0.05) is 78.9 Å². The van der Waals surface area contributed by atoms with Crippen LogP contribution in [0.4, 0.5) is 0 Å². The van der Waals surface area contributed by atoms with Crippen molar-refractivity contribution in [3.63, 3.8) is 0 Å². The smallest absolute Gasteiger partial charge is 0.262 e. The third-order valence-corrected chi connectivity index (χ3v) is 5.24. The Morgan fingerprint density at radius 1 is 0.938 bits per heavy atom. The number of nitrogens with zero attached hydrogens (tertiary/aromatic N) is 2. The summed E-state index contributed by atoms with van der Waals surface area (Å²) in [5.74, 6) is -0.388. The first kappa shape index (κ1) is 20.9. The van der Waals surface area contributed by atoms with Crippen LogP contribution in [0.15, 0.2) is 103 Å². The van der Waals surface area contributed by atoms with Crippen LogP contribution in [0, 0.1) is 18.3 Å². The van der Waals surface area contributed by atoms with Crippen molar-refractivity contribution in [2.75, 3.05) is 0 Å². The highest BCUT2D eigenvalue weighted by Gasteiger charge is 2.17. The maximum absolute atomic E-state index is 12.8. The molecule has 1 amide bonds. The average Bonchev–Trinajstić information content (AvgIpc) is 3.18. The number of hydrogen-bond acceptors (Lipinski definition) is 2. The Morgan fingerprint density at radius 3 is 2.16 bits per heavy atom. The quantitative estimate of drug-likeness (QED) is 0.324. The Morgan fingerprint density at radius 2 is 1.53 bits per heavy atom. The zero-order valence-electron chi connectivity index (χ0n) is 17.8. The molecule has 0 aliphatic heterocycles. The van der Waals surface area contributed by atoms with Crippen LogP contribution < -0.4 is 5.32 Å². The highest BCUT2D eigenvalue weighted by atomic mass is 16.1. The van der Waals surface area contributed by atoms with Crippen molar-refractivity contribution in [3.8, 4) is 23.0 Å². The average molecular weight is 418 g/mol. The topological polar surface area (TPSA) is 57.8 Å². The predicted octanol–water partition coefficient (Wildman–Crippen LogP) is 5.68. The fourth-order valence-electron chi connectivity index (χ4n) is 3.75. The van der Waals surface area contributed by atoms with Crippen LogP contribution >= 0.6 is 0 Å². The van der Waals surface area contributed by atoms with Gasteiger partial charge in [0.05, 0.1) is 5.69 Å². The summed E-state index contributed by atoms with van der Waals surface area (Å²) in [6.45, 7) is 2.40. The molecule has 0 unspecified atom stereocenters. The molecule has 32 heavy (non-hydrogen) atoms. The van der Waals surface area contributed by atoms with Gasteiger partial charge in [-0.3, -0.25) is 4.79 Å². The molecule has 4 aromatic rings. The Labute approximate surface area is 188 Å². The number of hydrogen-bond donors (Lipinski definition) is 1. The van der Waals surface area contributed by atoms with Crippen molar-refractivity contribution in [1.29, 1.82) is 5.26 Å². The number of nitriles is 1. The number of rotatable bonds is 6. The summed E-state index contributed by atoms with van der Waals surface area (Å²) >= 11 is 0. The Kier molecular flexibility index (Phi) is 6.29. The fraction of sp³-hybridized carbons (Fsp3) is 0.0714. The molecule has 4 rings (SSSR count). The maximum Gasteiger partial charge on any atom is 0.262 e. The van der Waals surface area contributed by atoms with Crippen LogP contribution in [0.25, 0.3) is 23.0 Å². The van der Waals surface area contributed by atoms with E-state index in [0.29, 0.717) is 6.54 Å². The van der Waals surface area contributed by atoms with E-state index in [4.69, 9.17) is 0 Å². The maximum atomic E-state index is 12.8. The van der Waals surface area contributed by atoms with Crippen LogP contribution in [0.3, 0.4) is 0 Å². The molecule has 0 saturated carbocycles. The predicted molar refractivity (Wildman–Crippen MR) is 128 cm³/mol. The second-order valence-corrected chi connectivity index (χ2v) is 7.46. The van der Waals surface area contributed by atoms with Crippen molar-refractivity contribution in [2.45, 2.75) is 13.5 Å². The van der Waals surface area contributed by atoms with Gasteiger partial charge in [0.2, 0.25) is 0 Å². The molecular weight excluding hydrogens is 394 g/mol. The van der Waals surface area contributed by atoms with Gasteiger partial charge in [0.1, 0.15) is 11.6 Å². The van der Waals surface area contributed by atoms with E-state index < -0.39 is 0 Å². The van der Waals surface area contributed by atoms with Gasteiger partial charge in [0.15, 0.2) is 0 Å². The molecule has 0 spiro atoms. The van der Waals surface area contributed by atoms with Crippen molar-refractivity contribution in [1.82, 2.24) is 9.88 Å². The van der Waals surface area contributed by atoms with Gasteiger partial charge in [0.25, 0.3) is 5.91 Å². The Hall–Kier alpha value is -4.36. The molecule has 0 radical (unpaired) electrons. The first-order chi connectivity index (χ1) is 15.7. The van der Waals surface area contributed by atoms with Crippen LogP contribution in [0.5, 0.6) is 0 Å². The van der Waals surface area contributed by atoms with Gasteiger partial charge in [-0.05, 0) is 42.3 Å². The normalized spacial score (nSPS) is 11.1. The summed E-state index contributed by atoms with van der Waals surface area (Å²) in [5, 5.41) is 12.6. The zero-order chi connectivity index (χ0) is 22.3. The lowest BCUT2D eigenvalue weighted by Gasteiger charge is -2.13. The van der Waals surface area contributed by atoms with Crippen molar-refractivity contribution < 1.29 is 4.79 Å². The molecule has 0 saturated heterocycles. The summed E-state index contributed by atoms with van der Waals surface area (Å²) in [4.78, 5) is 12.8. The molecule has 1 aromatic heterocycles. The number of nitrogens with one attached hydrogen (secondary N) is 1. The molecule has 0 fully saturated rings. The minimum Gasteiger partial charge on any atom is -0.347 e. The number of carbonyl (C=O) groups excluding carboxylic acids is 1. The van der Waals surface area contributed by atoms with E-state index in [2.05, 4.69) is 16.0 Å². The highest BCUT2D eigenvalue weighted by Crippen LogP contribution is 2.32. The van der Waals surface area contributed by atoms with E-state index in [1.165, 1.54) is 0 Å². The summed E-state index contributed by atoms with van der Waals surface area (Å²) in [6, 6.07) is 33.8. The summed E-state index contributed by atoms with van der Waals surface area (Å²) < 4.78 is 2.15. The second kappa shape index (κ2) is 9.63. The van der Waals surface area contributed by atoms with E-state index in [9.17, 15) is 10.1 Å². The standard InChI is InChI=1S/C28H23N3O/c1-21-17-24(18-25(19-29)28(32)30-20-22-11-5-2-6-12-22)27(23-13-7-3-8-14-23)31(21)26-15-9-4-10-16-26/h2-18H,20H2,1H3,(H,30,32)/b25-18-. The van der Waals surface area contributed by atoms with Crippen molar-refractivity contribution in [3.05, 3.63) is 119 Å². The van der Waals surface area contributed by atoms with Gasteiger partial charge >= 0.3 is 0 Å². The van der Waals surface area contributed by atoms with Crippen LogP contribution in [0.1, 0.15) is 16.8 Å². The first-order valence-electron chi connectivity index (χ1n) is 10.4. The van der Waals surface area contributed by atoms with Gasteiger partial charge < -0.3 is 9.88 Å². The van der Waals surface area contributed by atoms with E-state index in [1.807, 2.05) is 104 Å². The van der Waals surface area contributed by atoms with E-state index >= 15 is 0 Å².